The molecule has 35 heavy (non-hydrogen) atoms. The van der Waals surface area contributed by atoms with Gasteiger partial charge in [-0.25, -0.2) is 0 Å². The molecule has 8 nitrogen and oxygen atoms in total. The molecule has 0 saturated heterocycles. The minimum atomic E-state index is -0.167. The van der Waals surface area contributed by atoms with E-state index in [-0.39, 0.29) is 12.4 Å². The van der Waals surface area contributed by atoms with Gasteiger partial charge >= 0.3 is 0 Å². The number of hydrogen-bond donors (Lipinski definition) is 0. The average molecular weight is 476 g/mol. The first kappa shape index (κ1) is 22.5. The van der Waals surface area contributed by atoms with Gasteiger partial charge in [0, 0.05) is 16.5 Å². The number of fused-ring (bicyclic) bond motifs is 2. The third kappa shape index (κ3) is 4.30. The number of methoxy groups -OCH3 is 3. The number of carbonyl (C=O) groups excluding carboxylic acids is 1. The van der Waals surface area contributed by atoms with E-state index in [4.69, 9.17) is 32.8 Å². The number of ether oxygens (including phenoxy) is 6. The monoisotopic (exact) mass is 476 g/mol. The van der Waals surface area contributed by atoms with Crippen LogP contribution in [0.25, 0.3) is 22.1 Å². The molecule has 0 bridgehead atoms. The minimum Gasteiger partial charge on any atom is -0.493 e. The van der Waals surface area contributed by atoms with Crippen LogP contribution < -0.4 is 28.4 Å². The summed E-state index contributed by atoms with van der Waals surface area (Å²) in [6.07, 6.45) is 1.66. The zero-order valence-corrected chi connectivity index (χ0v) is 19.6. The Balaban J connectivity index is 1.39. The third-order valence-corrected chi connectivity index (χ3v) is 5.75. The molecule has 0 amide bonds. The first-order valence-electron chi connectivity index (χ1n) is 11.0. The molecule has 0 spiro atoms. The number of hydrogen-bond acceptors (Lipinski definition) is 8. The zero-order valence-electron chi connectivity index (χ0n) is 19.6. The highest BCUT2D eigenvalue weighted by Gasteiger charge is 2.18. The summed E-state index contributed by atoms with van der Waals surface area (Å²) in [5.41, 5.74) is 2.82. The van der Waals surface area contributed by atoms with Crippen molar-refractivity contribution >= 4 is 16.8 Å². The van der Waals surface area contributed by atoms with Gasteiger partial charge < -0.3 is 32.8 Å². The molecule has 0 radical (unpaired) electrons. The van der Waals surface area contributed by atoms with Crippen molar-refractivity contribution in [3.8, 4) is 45.6 Å². The molecule has 0 N–H and O–H groups in total. The Labute approximate surface area is 201 Å². The van der Waals surface area contributed by atoms with E-state index in [1.807, 2.05) is 18.2 Å². The van der Waals surface area contributed by atoms with Gasteiger partial charge in [-0.05, 0) is 54.1 Å². The highest BCUT2D eigenvalue weighted by Crippen LogP contribution is 2.43. The predicted octanol–water partition coefficient (Wildman–Crippen LogP) is 5.16. The Kier molecular flexibility index (Phi) is 6.10. The van der Waals surface area contributed by atoms with Gasteiger partial charge in [0.1, 0.15) is 24.5 Å². The van der Waals surface area contributed by atoms with Crippen molar-refractivity contribution < 1.29 is 37.6 Å². The molecule has 0 aliphatic carbocycles. The Bertz CT molecular complexity index is 1360. The summed E-state index contributed by atoms with van der Waals surface area (Å²) in [6, 6.07) is 14.2. The number of furan rings is 1. The van der Waals surface area contributed by atoms with Crippen LogP contribution in [0.3, 0.4) is 0 Å². The predicted molar refractivity (Wildman–Crippen MR) is 129 cm³/mol. The second-order valence-corrected chi connectivity index (χ2v) is 7.79. The summed E-state index contributed by atoms with van der Waals surface area (Å²) < 4.78 is 39.0. The molecule has 2 heterocycles. The van der Waals surface area contributed by atoms with E-state index in [9.17, 15) is 4.79 Å². The van der Waals surface area contributed by atoms with Crippen LogP contribution in [0.15, 0.2) is 59.2 Å². The Morgan fingerprint density at radius 3 is 2.31 bits per heavy atom. The standard InChI is InChI=1S/C27H24O8/c1-29-25-11-17(12-26(30-2)27(25)31-3)20-14-35-22-7-5-18(13-19(20)22)34-15-21(28)16-4-6-23-24(10-16)33-9-8-32-23/h4-7,10-14H,8-9,15H2,1-3H3. The normalized spacial score (nSPS) is 12.3. The molecule has 8 heteroatoms. The van der Waals surface area contributed by atoms with Gasteiger partial charge in [-0.3, -0.25) is 4.79 Å². The van der Waals surface area contributed by atoms with Gasteiger partial charge in [0.25, 0.3) is 0 Å². The molecular weight excluding hydrogens is 452 g/mol. The van der Waals surface area contributed by atoms with Crippen molar-refractivity contribution in [2.75, 3.05) is 41.2 Å². The lowest BCUT2D eigenvalue weighted by Gasteiger charge is -2.18. The molecule has 0 atom stereocenters. The van der Waals surface area contributed by atoms with Gasteiger partial charge in [-0.1, -0.05) is 0 Å². The number of carbonyl (C=O) groups is 1. The van der Waals surface area contributed by atoms with Crippen molar-refractivity contribution in [3.05, 3.63) is 60.4 Å². The van der Waals surface area contributed by atoms with Crippen LogP contribution in [0.5, 0.6) is 34.5 Å². The minimum absolute atomic E-state index is 0.123. The van der Waals surface area contributed by atoms with Crippen LogP contribution in [0.4, 0.5) is 0 Å². The van der Waals surface area contributed by atoms with Crippen LogP contribution in [-0.2, 0) is 0 Å². The molecular formula is C27H24O8. The average Bonchev–Trinajstić information content (AvgIpc) is 3.33. The van der Waals surface area contributed by atoms with E-state index in [0.717, 1.165) is 16.5 Å². The Hall–Kier alpha value is -4.33. The largest absolute Gasteiger partial charge is 0.493 e. The van der Waals surface area contributed by atoms with E-state index < -0.39 is 0 Å². The summed E-state index contributed by atoms with van der Waals surface area (Å²) in [7, 11) is 4.70. The summed E-state index contributed by atoms with van der Waals surface area (Å²) in [4.78, 5) is 12.7. The highest BCUT2D eigenvalue weighted by molar-refractivity contribution is 5.98. The molecule has 5 rings (SSSR count). The first-order chi connectivity index (χ1) is 17.1. The summed E-state index contributed by atoms with van der Waals surface area (Å²) >= 11 is 0. The molecule has 4 aromatic rings. The number of rotatable bonds is 8. The maximum Gasteiger partial charge on any atom is 0.203 e. The van der Waals surface area contributed by atoms with Crippen LogP contribution in [0, 0.1) is 0 Å². The van der Waals surface area contributed by atoms with Crippen molar-refractivity contribution in [1.82, 2.24) is 0 Å². The second kappa shape index (κ2) is 9.50. The quantitative estimate of drug-likeness (QED) is 0.323. The maximum atomic E-state index is 12.7. The van der Waals surface area contributed by atoms with Crippen LogP contribution in [-0.4, -0.2) is 46.9 Å². The Morgan fingerprint density at radius 1 is 0.857 bits per heavy atom. The molecule has 1 aromatic heterocycles. The van der Waals surface area contributed by atoms with Gasteiger partial charge in [0.2, 0.25) is 5.75 Å². The fraction of sp³-hybridized carbons (Fsp3) is 0.222. The zero-order chi connectivity index (χ0) is 24.4. The van der Waals surface area contributed by atoms with E-state index in [1.165, 1.54) is 0 Å². The van der Waals surface area contributed by atoms with E-state index in [0.29, 0.717) is 58.9 Å². The lowest BCUT2D eigenvalue weighted by molar-refractivity contribution is 0.0920. The number of ketones is 1. The molecule has 180 valence electrons. The third-order valence-electron chi connectivity index (χ3n) is 5.75. The van der Waals surface area contributed by atoms with E-state index in [1.54, 1.807) is 57.9 Å². The Morgan fingerprint density at radius 2 is 1.60 bits per heavy atom. The highest BCUT2D eigenvalue weighted by atomic mass is 16.6. The van der Waals surface area contributed by atoms with Crippen LogP contribution >= 0.6 is 0 Å². The number of Topliss-reactive ketones (excluding diaryl/α,β-unsaturated/α-hetero) is 1. The lowest BCUT2D eigenvalue weighted by Crippen LogP contribution is -2.17. The van der Waals surface area contributed by atoms with Gasteiger partial charge in [-0.2, -0.15) is 0 Å². The summed E-state index contributed by atoms with van der Waals surface area (Å²) in [6.45, 7) is 0.834. The molecule has 1 aliphatic heterocycles. The van der Waals surface area contributed by atoms with Crippen molar-refractivity contribution in [1.29, 1.82) is 0 Å². The fourth-order valence-corrected chi connectivity index (χ4v) is 4.01. The maximum absolute atomic E-state index is 12.7. The van der Waals surface area contributed by atoms with Crippen molar-refractivity contribution in [2.24, 2.45) is 0 Å². The number of benzene rings is 3. The van der Waals surface area contributed by atoms with E-state index >= 15 is 0 Å². The summed E-state index contributed by atoms with van der Waals surface area (Å²) in [5.74, 6) is 3.16. The fourth-order valence-electron chi connectivity index (χ4n) is 4.01. The first-order valence-corrected chi connectivity index (χ1v) is 11.0. The van der Waals surface area contributed by atoms with Crippen molar-refractivity contribution in [3.63, 3.8) is 0 Å². The lowest BCUT2D eigenvalue weighted by atomic mass is 10.0. The molecule has 1 aliphatic rings. The SMILES string of the molecule is COc1cc(-c2coc3ccc(OCC(=O)c4ccc5c(c4)OCCO5)cc23)cc(OC)c1OC. The van der Waals surface area contributed by atoms with Gasteiger partial charge in [-0.15, -0.1) is 0 Å². The topological polar surface area (TPSA) is 85.6 Å². The molecule has 3 aromatic carbocycles. The van der Waals surface area contributed by atoms with Crippen LogP contribution in [0.1, 0.15) is 10.4 Å². The smallest absolute Gasteiger partial charge is 0.203 e. The summed E-state index contributed by atoms with van der Waals surface area (Å²) in [5, 5.41) is 0.823. The van der Waals surface area contributed by atoms with Gasteiger partial charge in [0.15, 0.2) is 35.4 Å². The van der Waals surface area contributed by atoms with Gasteiger partial charge in [0.05, 0.1) is 27.6 Å². The molecule has 0 saturated carbocycles. The second-order valence-electron chi connectivity index (χ2n) is 7.79. The van der Waals surface area contributed by atoms with Crippen LogP contribution in [0.2, 0.25) is 0 Å². The van der Waals surface area contributed by atoms with Crippen molar-refractivity contribution in [2.45, 2.75) is 0 Å². The van der Waals surface area contributed by atoms with E-state index in [2.05, 4.69) is 0 Å². The molecule has 0 unspecified atom stereocenters. The molecule has 0 fully saturated rings.